The van der Waals surface area contributed by atoms with Crippen molar-refractivity contribution in [2.24, 2.45) is 0 Å². The Labute approximate surface area is 127 Å². The molecule has 20 heavy (non-hydrogen) atoms. The van der Waals surface area contributed by atoms with Gasteiger partial charge in [-0.3, -0.25) is 4.79 Å². The molecule has 6 heteroatoms. The van der Waals surface area contributed by atoms with E-state index in [0.717, 1.165) is 0 Å². The Hall–Kier alpha value is -1.65. The van der Waals surface area contributed by atoms with Gasteiger partial charge in [0.1, 0.15) is 5.82 Å². The minimum atomic E-state index is -0.279. The van der Waals surface area contributed by atoms with Gasteiger partial charge in [-0.1, -0.05) is 23.2 Å². The molecule has 2 aromatic rings. The quantitative estimate of drug-likeness (QED) is 0.913. The van der Waals surface area contributed by atoms with Crippen molar-refractivity contribution in [2.75, 3.05) is 5.32 Å². The Balaban J connectivity index is 2.33. The number of hydrogen-bond donors (Lipinski definition) is 1. The van der Waals surface area contributed by atoms with Crippen LogP contribution in [0, 0.1) is 20.8 Å². The van der Waals surface area contributed by atoms with E-state index in [0.29, 0.717) is 38.5 Å². The van der Waals surface area contributed by atoms with Gasteiger partial charge in [0, 0.05) is 15.7 Å². The smallest absolute Gasteiger partial charge is 0.259 e. The zero-order valence-electron chi connectivity index (χ0n) is 11.3. The van der Waals surface area contributed by atoms with Crippen LogP contribution in [-0.2, 0) is 0 Å². The fourth-order valence-electron chi connectivity index (χ4n) is 2.03. The zero-order valence-corrected chi connectivity index (χ0v) is 12.8. The van der Waals surface area contributed by atoms with E-state index in [4.69, 9.17) is 23.2 Å². The number of aromatic nitrogens is 2. The molecule has 2 rings (SSSR count). The molecule has 0 saturated heterocycles. The van der Waals surface area contributed by atoms with E-state index in [1.807, 2.05) is 0 Å². The number of nitrogens with zero attached hydrogens (tertiary/aromatic N) is 2. The lowest BCUT2D eigenvalue weighted by molar-refractivity contribution is 0.102. The van der Waals surface area contributed by atoms with Gasteiger partial charge >= 0.3 is 0 Å². The number of carbonyl (C=O) groups excluding carboxylic acids is 1. The summed E-state index contributed by atoms with van der Waals surface area (Å²) in [6, 6.07) is 4.86. The number of hydrogen-bond acceptors (Lipinski definition) is 3. The summed E-state index contributed by atoms with van der Waals surface area (Å²) in [6.45, 7) is 5.35. The molecular weight excluding hydrogens is 297 g/mol. The van der Waals surface area contributed by atoms with Crippen LogP contribution in [0.1, 0.15) is 27.6 Å². The molecule has 0 unspecified atom stereocenters. The lowest BCUT2D eigenvalue weighted by Gasteiger charge is -2.10. The molecule has 0 aliphatic carbocycles. The predicted molar refractivity (Wildman–Crippen MR) is 80.7 cm³/mol. The molecule has 0 fully saturated rings. The van der Waals surface area contributed by atoms with Crippen LogP contribution in [0.2, 0.25) is 10.0 Å². The number of carbonyl (C=O) groups is 1. The third kappa shape index (κ3) is 3.26. The van der Waals surface area contributed by atoms with Crippen LogP contribution in [0.3, 0.4) is 0 Å². The first-order chi connectivity index (χ1) is 9.36. The molecule has 0 radical (unpaired) electrons. The number of benzene rings is 1. The van der Waals surface area contributed by atoms with E-state index >= 15 is 0 Å². The normalized spacial score (nSPS) is 10.4. The van der Waals surface area contributed by atoms with Crippen LogP contribution >= 0.6 is 23.2 Å². The summed E-state index contributed by atoms with van der Waals surface area (Å²) in [6.07, 6.45) is 0. The van der Waals surface area contributed by atoms with Crippen LogP contribution in [0.4, 0.5) is 5.69 Å². The van der Waals surface area contributed by atoms with Crippen molar-refractivity contribution in [1.29, 1.82) is 0 Å². The molecule has 0 spiro atoms. The Morgan fingerprint density at radius 3 is 2.00 bits per heavy atom. The van der Waals surface area contributed by atoms with Crippen LogP contribution in [0.15, 0.2) is 18.2 Å². The summed E-state index contributed by atoms with van der Waals surface area (Å²) in [4.78, 5) is 20.7. The number of nitrogens with one attached hydrogen (secondary N) is 1. The second-order valence-corrected chi connectivity index (χ2v) is 5.30. The molecule has 0 saturated carbocycles. The molecule has 0 aliphatic heterocycles. The summed E-state index contributed by atoms with van der Waals surface area (Å²) >= 11 is 11.8. The van der Waals surface area contributed by atoms with Gasteiger partial charge < -0.3 is 5.32 Å². The monoisotopic (exact) mass is 309 g/mol. The molecule has 0 bridgehead atoms. The van der Waals surface area contributed by atoms with Crippen molar-refractivity contribution >= 4 is 34.8 Å². The molecule has 4 nitrogen and oxygen atoms in total. The lowest BCUT2D eigenvalue weighted by atomic mass is 10.1. The summed E-state index contributed by atoms with van der Waals surface area (Å²) < 4.78 is 0. The lowest BCUT2D eigenvalue weighted by Crippen LogP contribution is -2.17. The van der Waals surface area contributed by atoms with Gasteiger partial charge in [0.2, 0.25) is 0 Å². The van der Waals surface area contributed by atoms with E-state index in [2.05, 4.69) is 15.3 Å². The third-order valence-electron chi connectivity index (χ3n) is 2.73. The van der Waals surface area contributed by atoms with E-state index < -0.39 is 0 Å². The number of rotatable bonds is 2. The fourth-order valence-corrected chi connectivity index (χ4v) is 2.56. The Kier molecular flexibility index (Phi) is 4.26. The molecule has 104 valence electrons. The van der Waals surface area contributed by atoms with Crippen molar-refractivity contribution in [3.63, 3.8) is 0 Å². The van der Waals surface area contributed by atoms with E-state index in [9.17, 15) is 4.79 Å². The number of amides is 1. The number of anilines is 1. The van der Waals surface area contributed by atoms with Gasteiger partial charge in [0.15, 0.2) is 0 Å². The molecule has 0 atom stereocenters. The summed E-state index contributed by atoms with van der Waals surface area (Å²) in [5, 5.41) is 3.67. The average molecular weight is 310 g/mol. The molecule has 1 heterocycles. The Bertz CT molecular complexity index is 643. The van der Waals surface area contributed by atoms with E-state index in [-0.39, 0.29) is 5.91 Å². The van der Waals surface area contributed by atoms with Gasteiger partial charge in [-0.05, 0) is 39.0 Å². The van der Waals surface area contributed by atoms with Gasteiger partial charge in [-0.15, -0.1) is 0 Å². The molecule has 0 aliphatic rings. The Morgan fingerprint density at radius 1 is 1.00 bits per heavy atom. The highest BCUT2D eigenvalue weighted by Crippen LogP contribution is 2.23. The highest BCUT2D eigenvalue weighted by atomic mass is 35.5. The maximum atomic E-state index is 12.3. The highest BCUT2D eigenvalue weighted by Gasteiger charge is 2.15. The summed E-state index contributed by atoms with van der Waals surface area (Å²) in [5.74, 6) is 0.362. The van der Waals surface area contributed by atoms with E-state index in [1.165, 1.54) is 0 Å². The van der Waals surface area contributed by atoms with Gasteiger partial charge in [-0.2, -0.15) is 0 Å². The first kappa shape index (κ1) is 14.8. The molecule has 1 amide bonds. The molecule has 1 aromatic carbocycles. The Morgan fingerprint density at radius 2 is 1.50 bits per heavy atom. The third-order valence-corrected chi connectivity index (χ3v) is 3.17. The minimum absolute atomic E-state index is 0.279. The standard InChI is InChI=1S/C14H13Cl2N3O/c1-7-13(8(2)18-9(3)17-7)14(20)19-12-5-10(15)4-11(16)6-12/h4-6H,1-3H3,(H,19,20). The first-order valence-corrected chi connectivity index (χ1v) is 6.71. The van der Waals surface area contributed by atoms with Crippen LogP contribution in [-0.4, -0.2) is 15.9 Å². The average Bonchev–Trinajstić information content (AvgIpc) is 2.25. The van der Waals surface area contributed by atoms with E-state index in [1.54, 1.807) is 39.0 Å². The fraction of sp³-hybridized carbons (Fsp3) is 0.214. The van der Waals surface area contributed by atoms with Crippen LogP contribution in [0.5, 0.6) is 0 Å². The predicted octanol–water partition coefficient (Wildman–Crippen LogP) is 3.96. The van der Waals surface area contributed by atoms with Crippen molar-refractivity contribution in [1.82, 2.24) is 9.97 Å². The second-order valence-electron chi connectivity index (χ2n) is 4.43. The maximum absolute atomic E-state index is 12.3. The van der Waals surface area contributed by atoms with Gasteiger partial charge in [-0.25, -0.2) is 9.97 Å². The topological polar surface area (TPSA) is 54.9 Å². The van der Waals surface area contributed by atoms with Crippen LogP contribution in [0.25, 0.3) is 0 Å². The largest absolute Gasteiger partial charge is 0.322 e. The molecular formula is C14H13Cl2N3O. The highest BCUT2D eigenvalue weighted by molar-refractivity contribution is 6.35. The SMILES string of the molecule is Cc1nc(C)c(C(=O)Nc2cc(Cl)cc(Cl)c2)c(C)n1. The van der Waals surface area contributed by atoms with Crippen molar-refractivity contribution in [3.05, 3.63) is 51.0 Å². The minimum Gasteiger partial charge on any atom is -0.322 e. The summed E-state index contributed by atoms with van der Waals surface area (Å²) in [7, 11) is 0. The zero-order chi connectivity index (χ0) is 14.9. The number of halogens is 2. The molecule has 1 aromatic heterocycles. The maximum Gasteiger partial charge on any atom is 0.259 e. The number of aryl methyl sites for hydroxylation is 3. The van der Waals surface area contributed by atoms with Crippen molar-refractivity contribution < 1.29 is 4.79 Å². The van der Waals surface area contributed by atoms with Gasteiger partial charge in [0.05, 0.1) is 17.0 Å². The van der Waals surface area contributed by atoms with Gasteiger partial charge in [0.25, 0.3) is 5.91 Å². The van der Waals surface area contributed by atoms with Crippen molar-refractivity contribution in [2.45, 2.75) is 20.8 Å². The first-order valence-electron chi connectivity index (χ1n) is 5.96. The summed E-state index contributed by atoms with van der Waals surface area (Å²) in [5.41, 5.74) is 2.28. The molecule has 1 N–H and O–H groups in total. The second kappa shape index (κ2) is 5.77. The van der Waals surface area contributed by atoms with Crippen LogP contribution < -0.4 is 5.32 Å². The van der Waals surface area contributed by atoms with Crippen molar-refractivity contribution in [3.8, 4) is 0 Å².